The zero-order chi connectivity index (χ0) is 15.2. The van der Waals surface area contributed by atoms with Crippen molar-refractivity contribution in [2.75, 3.05) is 32.8 Å². The molecule has 1 aliphatic heterocycles. The Balaban J connectivity index is 2.45. The van der Waals surface area contributed by atoms with Gasteiger partial charge in [-0.15, -0.1) is 0 Å². The Morgan fingerprint density at radius 3 is 2.40 bits per heavy atom. The number of ether oxygens (including phenoxy) is 1. The fraction of sp³-hybridized carbons (Fsp3) is 0.923. The van der Waals surface area contributed by atoms with Crippen molar-refractivity contribution in [2.24, 2.45) is 5.92 Å². The van der Waals surface area contributed by atoms with Gasteiger partial charge >= 0.3 is 12.1 Å². The molecule has 7 heteroatoms. The van der Waals surface area contributed by atoms with Gasteiger partial charge in [-0.1, -0.05) is 6.92 Å². The Hall–Kier alpha value is -0.820. The van der Waals surface area contributed by atoms with Crippen molar-refractivity contribution in [3.05, 3.63) is 0 Å². The number of rotatable bonds is 6. The summed E-state index contributed by atoms with van der Waals surface area (Å²) in [5.74, 6) is -1.55. The molecule has 4 nitrogen and oxygen atoms in total. The lowest BCUT2D eigenvalue weighted by Crippen LogP contribution is -2.49. The van der Waals surface area contributed by atoms with Gasteiger partial charge in [-0.3, -0.25) is 4.79 Å². The lowest BCUT2D eigenvalue weighted by Gasteiger charge is -2.34. The third kappa shape index (κ3) is 5.28. The summed E-state index contributed by atoms with van der Waals surface area (Å²) in [6, 6.07) is -0.470. The predicted octanol–water partition coefficient (Wildman–Crippen LogP) is 1.80. The summed E-state index contributed by atoms with van der Waals surface area (Å²) in [5.41, 5.74) is 0. The van der Waals surface area contributed by atoms with Crippen molar-refractivity contribution >= 4 is 5.97 Å². The number of likely N-dealkylation sites (tertiary alicyclic amines) is 1. The van der Waals surface area contributed by atoms with E-state index in [-0.39, 0.29) is 18.8 Å². The summed E-state index contributed by atoms with van der Waals surface area (Å²) in [4.78, 5) is 13.6. The molecule has 0 aliphatic carbocycles. The second kappa shape index (κ2) is 7.83. The molecule has 1 N–H and O–H groups in total. The first-order valence-electron chi connectivity index (χ1n) is 7.07. The number of alkyl halides is 3. The van der Waals surface area contributed by atoms with Gasteiger partial charge in [0.2, 0.25) is 0 Å². The third-order valence-corrected chi connectivity index (χ3v) is 3.51. The molecule has 0 aromatic carbocycles. The van der Waals surface area contributed by atoms with E-state index in [2.05, 4.69) is 5.32 Å². The van der Waals surface area contributed by atoms with Crippen LogP contribution in [-0.2, 0) is 9.53 Å². The molecule has 118 valence electrons. The average molecular weight is 296 g/mol. The first-order chi connectivity index (χ1) is 9.38. The maximum Gasteiger partial charge on any atom is 0.391 e. The number of esters is 1. The van der Waals surface area contributed by atoms with Crippen molar-refractivity contribution in [2.45, 2.75) is 38.9 Å². The molecule has 0 aromatic rings. The minimum Gasteiger partial charge on any atom is -0.465 e. The molecule has 20 heavy (non-hydrogen) atoms. The first kappa shape index (κ1) is 17.2. The van der Waals surface area contributed by atoms with Gasteiger partial charge in [0.05, 0.1) is 12.5 Å². The van der Waals surface area contributed by atoms with Crippen LogP contribution < -0.4 is 5.32 Å². The molecular formula is C13H23F3N2O2. The molecule has 0 bridgehead atoms. The van der Waals surface area contributed by atoms with Gasteiger partial charge in [0, 0.05) is 6.54 Å². The summed E-state index contributed by atoms with van der Waals surface area (Å²) < 4.78 is 42.7. The van der Waals surface area contributed by atoms with Gasteiger partial charge in [-0.2, -0.15) is 13.2 Å². The van der Waals surface area contributed by atoms with Gasteiger partial charge in [0.25, 0.3) is 0 Å². The summed E-state index contributed by atoms with van der Waals surface area (Å²) in [5, 5.41) is 3.02. The molecule has 0 saturated carbocycles. The maximum absolute atomic E-state index is 12.6. The lowest BCUT2D eigenvalue weighted by atomic mass is 9.96. The van der Waals surface area contributed by atoms with E-state index in [1.807, 2.05) is 11.8 Å². The lowest BCUT2D eigenvalue weighted by molar-refractivity contribution is -0.185. The molecule has 1 rings (SSSR count). The Bertz CT molecular complexity index is 302. The molecule has 1 atom stereocenters. The largest absolute Gasteiger partial charge is 0.465 e. The van der Waals surface area contributed by atoms with E-state index < -0.39 is 18.1 Å². The van der Waals surface area contributed by atoms with E-state index in [0.717, 1.165) is 0 Å². The van der Waals surface area contributed by atoms with Crippen LogP contribution in [0.15, 0.2) is 0 Å². The minimum atomic E-state index is -4.10. The van der Waals surface area contributed by atoms with Crippen LogP contribution in [0, 0.1) is 5.92 Å². The quantitative estimate of drug-likeness (QED) is 0.759. The summed E-state index contributed by atoms with van der Waals surface area (Å²) in [6.07, 6.45) is -3.90. The molecule has 1 heterocycles. The number of nitrogens with zero attached hydrogens (tertiary/aromatic N) is 1. The second-order valence-electron chi connectivity index (χ2n) is 4.98. The van der Waals surface area contributed by atoms with Gasteiger partial charge in [-0.05, 0) is 39.4 Å². The van der Waals surface area contributed by atoms with Gasteiger partial charge < -0.3 is 15.0 Å². The Morgan fingerprint density at radius 1 is 1.35 bits per heavy atom. The maximum atomic E-state index is 12.6. The molecule has 1 saturated heterocycles. The number of hydrogen-bond donors (Lipinski definition) is 1. The standard InChI is InChI=1S/C13H23F3N2O2/c1-3-17-11(12(19)20-4-2)9-18-7-5-10(6-8-18)13(14,15)16/h10-11,17H,3-9H2,1-2H3. The summed E-state index contributed by atoms with van der Waals surface area (Å²) in [7, 11) is 0. The number of nitrogens with one attached hydrogen (secondary N) is 1. The van der Waals surface area contributed by atoms with Crippen molar-refractivity contribution in [3.63, 3.8) is 0 Å². The highest BCUT2D eigenvalue weighted by Gasteiger charge is 2.41. The van der Waals surface area contributed by atoms with E-state index >= 15 is 0 Å². The Morgan fingerprint density at radius 2 is 1.95 bits per heavy atom. The number of carbonyl (C=O) groups is 1. The number of halogens is 3. The van der Waals surface area contributed by atoms with Crippen molar-refractivity contribution < 1.29 is 22.7 Å². The van der Waals surface area contributed by atoms with Gasteiger partial charge in [-0.25, -0.2) is 0 Å². The number of piperidine rings is 1. The van der Waals surface area contributed by atoms with Crippen molar-refractivity contribution in [3.8, 4) is 0 Å². The SMILES string of the molecule is CCNC(CN1CCC(C(F)(F)F)CC1)C(=O)OCC. The van der Waals surface area contributed by atoms with Crippen LogP contribution >= 0.6 is 0 Å². The minimum absolute atomic E-state index is 0.102. The monoisotopic (exact) mass is 296 g/mol. The van der Waals surface area contributed by atoms with Crippen LogP contribution in [0.25, 0.3) is 0 Å². The van der Waals surface area contributed by atoms with Crippen LogP contribution in [0.3, 0.4) is 0 Å². The van der Waals surface area contributed by atoms with Gasteiger partial charge in [0.1, 0.15) is 6.04 Å². The topological polar surface area (TPSA) is 41.6 Å². The van der Waals surface area contributed by atoms with Crippen LogP contribution in [0.4, 0.5) is 13.2 Å². The third-order valence-electron chi connectivity index (χ3n) is 3.51. The van der Waals surface area contributed by atoms with Crippen LogP contribution in [-0.4, -0.2) is 55.9 Å². The van der Waals surface area contributed by atoms with Crippen molar-refractivity contribution in [1.82, 2.24) is 10.2 Å². The fourth-order valence-corrected chi connectivity index (χ4v) is 2.41. The van der Waals surface area contributed by atoms with Crippen LogP contribution in [0.2, 0.25) is 0 Å². The Kier molecular flexibility index (Phi) is 6.75. The average Bonchev–Trinajstić information content (AvgIpc) is 2.38. The molecule has 0 aromatic heterocycles. The fourth-order valence-electron chi connectivity index (χ4n) is 2.41. The van der Waals surface area contributed by atoms with E-state index in [1.165, 1.54) is 0 Å². The van der Waals surface area contributed by atoms with Crippen LogP contribution in [0.5, 0.6) is 0 Å². The number of carbonyl (C=O) groups excluding carboxylic acids is 1. The molecule has 1 unspecified atom stereocenters. The Labute approximate surface area is 117 Å². The summed E-state index contributed by atoms with van der Waals surface area (Å²) in [6.45, 7) is 5.66. The molecule has 1 fully saturated rings. The van der Waals surface area contributed by atoms with Crippen molar-refractivity contribution in [1.29, 1.82) is 0 Å². The highest BCUT2D eigenvalue weighted by molar-refractivity contribution is 5.76. The smallest absolute Gasteiger partial charge is 0.391 e. The normalized spacial score (nSPS) is 19.9. The highest BCUT2D eigenvalue weighted by Crippen LogP contribution is 2.34. The number of likely N-dealkylation sites (N-methyl/N-ethyl adjacent to an activating group) is 1. The van der Waals surface area contributed by atoms with Gasteiger partial charge in [0.15, 0.2) is 0 Å². The molecular weight excluding hydrogens is 273 g/mol. The first-order valence-corrected chi connectivity index (χ1v) is 7.07. The predicted molar refractivity (Wildman–Crippen MR) is 69.3 cm³/mol. The summed E-state index contributed by atoms with van der Waals surface area (Å²) >= 11 is 0. The molecule has 0 spiro atoms. The molecule has 0 amide bonds. The van der Waals surface area contributed by atoms with Crippen LogP contribution in [0.1, 0.15) is 26.7 Å². The van der Waals surface area contributed by atoms with E-state index in [4.69, 9.17) is 4.74 Å². The second-order valence-corrected chi connectivity index (χ2v) is 4.98. The highest BCUT2D eigenvalue weighted by atomic mass is 19.4. The molecule has 0 radical (unpaired) electrons. The number of hydrogen-bond acceptors (Lipinski definition) is 4. The zero-order valence-electron chi connectivity index (χ0n) is 12.0. The van der Waals surface area contributed by atoms with E-state index in [9.17, 15) is 18.0 Å². The van der Waals surface area contributed by atoms with E-state index in [1.54, 1.807) is 6.92 Å². The van der Waals surface area contributed by atoms with E-state index in [0.29, 0.717) is 32.8 Å². The zero-order valence-corrected chi connectivity index (χ0v) is 12.0. The molecule has 1 aliphatic rings.